The molecule has 1 saturated carbocycles. The van der Waals surface area contributed by atoms with E-state index in [1.807, 2.05) is 0 Å². The molecule has 114 valence electrons. The summed E-state index contributed by atoms with van der Waals surface area (Å²) in [6.07, 6.45) is 6.48. The van der Waals surface area contributed by atoms with E-state index in [4.69, 9.17) is 15.7 Å². The summed E-state index contributed by atoms with van der Waals surface area (Å²) in [4.78, 5) is 14.5. The molecule has 1 atom stereocenters. The number of carbonyl (C=O) groups excluding carboxylic acids is 1. The summed E-state index contributed by atoms with van der Waals surface area (Å²) in [5.74, 6) is 0.0180. The molecule has 1 heterocycles. The monoisotopic (exact) mass is 283 g/mol. The van der Waals surface area contributed by atoms with Gasteiger partial charge in [-0.25, -0.2) is 0 Å². The van der Waals surface area contributed by atoms with Crippen molar-refractivity contribution in [3.05, 3.63) is 0 Å². The second-order valence-electron chi connectivity index (χ2n) is 5.95. The van der Waals surface area contributed by atoms with Crippen molar-refractivity contribution >= 4 is 11.7 Å². The van der Waals surface area contributed by atoms with Gasteiger partial charge >= 0.3 is 0 Å². The number of likely N-dealkylation sites (N-methyl/N-ethyl adjacent to an activating group) is 1. The van der Waals surface area contributed by atoms with E-state index in [0.29, 0.717) is 19.4 Å². The Morgan fingerprint density at radius 2 is 2.10 bits per heavy atom. The Hall–Kier alpha value is -1.30. The zero-order valence-corrected chi connectivity index (χ0v) is 12.2. The van der Waals surface area contributed by atoms with Gasteiger partial charge in [-0.2, -0.15) is 0 Å². The first-order chi connectivity index (χ1) is 9.60. The zero-order chi connectivity index (χ0) is 14.6. The third kappa shape index (κ3) is 2.90. The minimum atomic E-state index is -0.819. The maximum absolute atomic E-state index is 12.8. The van der Waals surface area contributed by atoms with Crippen LogP contribution in [0.3, 0.4) is 0 Å². The van der Waals surface area contributed by atoms with Gasteiger partial charge in [-0.05, 0) is 25.7 Å². The molecule has 2 fully saturated rings. The number of carbonyl (C=O) groups is 1. The Kier molecular flexibility index (Phi) is 4.86. The molecule has 0 aromatic carbocycles. The Bertz CT molecular complexity index is 372. The summed E-state index contributed by atoms with van der Waals surface area (Å²) in [5.41, 5.74) is 5.03. The molecule has 1 aliphatic heterocycles. The van der Waals surface area contributed by atoms with Crippen LogP contribution in [0.5, 0.6) is 0 Å². The molecule has 6 heteroatoms. The van der Waals surface area contributed by atoms with Crippen LogP contribution in [-0.4, -0.2) is 48.2 Å². The van der Waals surface area contributed by atoms with Crippen molar-refractivity contribution in [2.75, 3.05) is 20.2 Å². The van der Waals surface area contributed by atoms with Gasteiger partial charge in [-0.1, -0.05) is 24.4 Å². The van der Waals surface area contributed by atoms with E-state index < -0.39 is 5.41 Å². The average Bonchev–Trinajstić information content (AvgIpc) is 2.99. The lowest BCUT2D eigenvalue weighted by atomic mass is 9.72. The third-order valence-corrected chi connectivity index (χ3v) is 4.56. The summed E-state index contributed by atoms with van der Waals surface area (Å²) in [7, 11) is 1.78. The van der Waals surface area contributed by atoms with Crippen LogP contribution < -0.4 is 5.73 Å². The van der Waals surface area contributed by atoms with Crippen molar-refractivity contribution in [2.45, 2.75) is 51.0 Å². The van der Waals surface area contributed by atoms with E-state index in [0.717, 1.165) is 38.7 Å². The van der Waals surface area contributed by atoms with Gasteiger partial charge in [-0.15, -0.1) is 0 Å². The molecule has 1 amide bonds. The fraction of sp³-hybridized carbons (Fsp3) is 0.857. The maximum atomic E-state index is 12.8. The maximum Gasteiger partial charge on any atom is 0.236 e. The highest BCUT2D eigenvalue weighted by Gasteiger charge is 2.45. The number of oxime groups is 1. The van der Waals surface area contributed by atoms with Crippen LogP contribution in [0, 0.1) is 5.41 Å². The van der Waals surface area contributed by atoms with Crippen molar-refractivity contribution in [3.8, 4) is 0 Å². The van der Waals surface area contributed by atoms with Gasteiger partial charge in [-0.3, -0.25) is 4.79 Å². The van der Waals surface area contributed by atoms with Crippen LogP contribution in [0.1, 0.15) is 44.9 Å². The van der Waals surface area contributed by atoms with Gasteiger partial charge in [0.05, 0.1) is 6.10 Å². The number of nitrogens with zero attached hydrogens (tertiary/aromatic N) is 2. The van der Waals surface area contributed by atoms with E-state index in [2.05, 4.69) is 5.16 Å². The molecule has 2 aliphatic rings. The summed E-state index contributed by atoms with van der Waals surface area (Å²) >= 11 is 0. The van der Waals surface area contributed by atoms with Crippen molar-refractivity contribution in [2.24, 2.45) is 16.3 Å². The highest BCUT2D eigenvalue weighted by Crippen LogP contribution is 2.38. The number of nitrogens with two attached hydrogens (primary N) is 1. The number of hydrogen-bond acceptors (Lipinski definition) is 4. The van der Waals surface area contributed by atoms with Crippen LogP contribution in [0.4, 0.5) is 0 Å². The highest BCUT2D eigenvalue weighted by molar-refractivity contribution is 6.06. The fourth-order valence-electron chi connectivity index (χ4n) is 3.37. The van der Waals surface area contributed by atoms with Crippen molar-refractivity contribution in [1.29, 1.82) is 0 Å². The SMILES string of the molecule is CN(CC1CCCO1)C(=O)C1(C(N)=NO)CCCCC1. The van der Waals surface area contributed by atoms with E-state index in [1.165, 1.54) is 0 Å². The van der Waals surface area contributed by atoms with Gasteiger partial charge in [0, 0.05) is 20.2 Å². The number of rotatable bonds is 4. The van der Waals surface area contributed by atoms with Gasteiger partial charge in [0.25, 0.3) is 0 Å². The van der Waals surface area contributed by atoms with Crippen LogP contribution in [0.15, 0.2) is 5.16 Å². The molecule has 1 unspecified atom stereocenters. The van der Waals surface area contributed by atoms with Crippen molar-refractivity contribution in [3.63, 3.8) is 0 Å². The van der Waals surface area contributed by atoms with E-state index in [9.17, 15) is 4.79 Å². The van der Waals surface area contributed by atoms with Gasteiger partial charge in [0.15, 0.2) is 5.84 Å². The minimum absolute atomic E-state index is 0.0389. The first-order valence-electron chi connectivity index (χ1n) is 7.45. The lowest BCUT2D eigenvalue weighted by Crippen LogP contribution is -2.52. The summed E-state index contributed by atoms with van der Waals surface area (Å²) in [5, 5.41) is 12.2. The van der Waals surface area contributed by atoms with Crippen LogP contribution in [-0.2, 0) is 9.53 Å². The Balaban J connectivity index is 2.09. The Labute approximate surface area is 119 Å². The highest BCUT2D eigenvalue weighted by atomic mass is 16.5. The second-order valence-corrected chi connectivity index (χ2v) is 5.95. The summed E-state index contributed by atoms with van der Waals surface area (Å²) in [6.45, 7) is 1.36. The van der Waals surface area contributed by atoms with Gasteiger partial charge in [0.2, 0.25) is 5.91 Å². The third-order valence-electron chi connectivity index (χ3n) is 4.56. The van der Waals surface area contributed by atoms with Gasteiger partial charge in [0.1, 0.15) is 5.41 Å². The number of ether oxygens (including phenoxy) is 1. The molecule has 6 nitrogen and oxygen atoms in total. The van der Waals surface area contributed by atoms with E-state index in [-0.39, 0.29) is 17.8 Å². The number of hydrogen-bond donors (Lipinski definition) is 2. The predicted molar refractivity (Wildman–Crippen MR) is 75.5 cm³/mol. The standard InChI is InChI=1S/C14H25N3O3/c1-17(10-11-6-5-9-20-11)13(18)14(12(15)16-19)7-3-2-4-8-14/h11,19H,2-10H2,1H3,(H2,15,16). The molecule has 1 aliphatic carbocycles. The first kappa shape index (κ1) is 15.1. The molecule has 0 aromatic heterocycles. The van der Waals surface area contributed by atoms with E-state index >= 15 is 0 Å². The molecule has 3 N–H and O–H groups in total. The van der Waals surface area contributed by atoms with Crippen LogP contribution >= 0.6 is 0 Å². The second kappa shape index (κ2) is 6.43. The van der Waals surface area contributed by atoms with Gasteiger partial charge < -0.3 is 20.6 Å². The quantitative estimate of drug-likeness (QED) is 0.352. The van der Waals surface area contributed by atoms with Crippen molar-refractivity contribution < 1.29 is 14.7 Å². The lowest BCUT2D eigenvalue weighted by Gasteiger charge is -2.38. The zero-order valence-electron chi connectivity index (χ0n) is 12.2. The summed E-state index contributed by atoms with van der Waals surface area (Å²) < 4.78 is 5.58. The summed E-state index contributed by atoms with van der Waals surface area (Å²) in [6, 6.07) is 0. The predicted octanol–water partition coefficient (Wildman–Crippen LogP) is 1.32. The number of amidine groups is 1. The van der Waals surface area contributed by atoms with Crippen LogP contribution in [0.25, 0.3) is 0 Å². The van der Waals surface area contributed by atoms with E-state index in [1.54, 1.807) is 11.9 Å². The molecule has 2 rings (SSSR count). The molecule has 20 heavy (non-hydrogen) atoms. The lowest BCUT2D eigenvalue weighted by molar-refractivity contribution is -0.140. The molecule has 0 bridgehead atoms. The Morgan fingerprint density at radius 3 is 2.65 bits per heavy atom. The minimum Gasteiger partial charge on any atom is -0.409 e. The fourth-order valence-corrected chi connectivity index (χ4v) is 3.37. The molecular weight excluding hydrogens is 258 g/mol. The molecular formula is C14H25N3O3. The molecule has 0 spiro atoms. The first-order valence-corrected chi connectivity index (χ1v) is 7.45. The topological polar surface area (TPSA) is 88.2 Å². The Morgan fingerprint density at radius 1 is 1.40 bits per heavy atom. The van der Waals surface area contributed by atoms with Crippen LogP contribution in [0.2, 0.25) is 0 Å². The largest absolute Gasteiger partial charge is 0.409 e. The average molecular weight is 283 g/mol. The molecule has 1 saturated heterocycles. The normalized spacial score (nSPS) is 26.4. The number of amides is 1. The molecule has 0 radical (unpaired) electrons. The van der Waals surface area contributed by atoms with Crippen molar-refractivity contribution in [1.82, 2.24) is 4.90 Å². The molecule has 0 aromatic rings. The smallest absolute Gasteiger partial charge is 0.236 e.